The second-order valence-corrected chi connectivity index (χ2v) is 7.83. The molecule has 0 saturated carbocycles. The number of fused-ring (bicyclic) bond motifs is 1. The zero-order valence-corrected chi connectivity index (χ0v) is 17.8. The summed E-state index contributed by atoms with van der Waals surface area (Å²) >= 11 is 0. The van der Waals surface area contributed by atoms with Gasteiger partial charge in [0.15, 0.2) is 0 Å². The van der Waals surface area contributed by atoms with E-state index in [1.807, 2.05) is 0 Å². The van der Waals surface area contributed by atoms with E-state index >= 15 is 4.39 Å². The van der Waals surface area contributed by atoms with Crippen molar-refractivity contribution in [2.45, 2.75) is 38.6 Å². The number of carbonyl (C=O) groups excluding carboxylic acids is 3. The number of halogens is 1. The minimum Gasteiger partial charge on any atom is -0.488 e. The molecule has 0 aliphatic carbocycles. The Balaban J connectivity index is 1.33. The molecule has 2 fully saturated rings. The van der Waals surface area contributed by atoms with Gasteiger partial charge in [0.1, 0.15) is 24.2 Å². The number of imide groups is 1. The molecule has 5 rings (SSSR count). The fraction of sp³-hybridized carbons (Fsp3) is 0.400. The second kappa shape index (κ2) is 9.52. The van der Waals surface area contributed by atoms with Gasteiger partial charge in [-0.25, -0.2) is 4.39 Å². The first-order valence-electron chi connectivity index (χ1n) is 15.0. The molecule has 1 unspecified atom stereocenters. The summed E-state index contributed by atoms with van der Waals surface area (Å²) in [7, 11) is 0. The molecule has 0 aromatic heterocycles. The van der Waals surface area contributed by atoms with E-state index in [4.69, 9.17) is 17.1 Å². The molecule has 2 saturated heterocycles. The molecule has 1 atom stereocenters. The summed E-state index contributed by atoms with van der Waals surface area (Å²) in [6, 6.07) is 6.17. The molecule has 178 valence electrons. The van der Waals surface area contributed by atoms with Crippen molar-refractivity contribution >= 4 is 17.7 Å². The average molecular weight is 477 g/mol. The van der Waals surface area contributed by atoms with Crippen molar-refractivity contribution < 1.29 is 40.6 Å². The number of morpholine rings is 1. The molecule has 8 nitrogen and oxygen atoms in total. The molecule has 3 heterocycles. The van der Waals surface area contributed by atoms with Gasteiger partial charge in [-0.3, -0.25) is 24.6 Å². The molecule has 9 heteroatoms. The van der Waals surface area contributed by atoms with E-state index in [2.05, 4.69) is 10.1 Å². The SMILES string of the molecule is [2H]C1(N2Cc3c(OCc4ccc(CN5C([2H])([2H])C([2H])([2H])OC([2H])([2H])C5([2H])[2H])cc4F)cccc3C2=O)CCC(=O)NC1=O. The largest absolute Gasteiger partial charge is 0.488 e. The molecular formula is C25H26FN3O5. The van der Waals surface area contributed by atoms with Gasteiger partial charge in [0.2, 0.25) is 11.8 Å². The first-order chi connectivity index (χ1) is 19.8. The van der Waals surface area contributed by atoms with Crippen LogP contribution in [0.4, 0.5) is 4.39 Å². The molecule has 0 spiro atoms. The van der Waals surface area contributed by atoms with Gasteiger partial charge in [0.05, 0.1) is 26.5 Å². The van der Waals surface area contributed by atoms with Crippen LogP contribution < -0.4 is 10.1 Å². The van der Waals surface area contributed by atoms with Crippen LogP contribution in [0.25, 0.3) is 0 Å². The minimum atomic E-state index is -3.22. The molecule has 3 aliphatic heterocycles. The van der Waals surface area contributed by atoms with Crippen molar-refractivity contribution in [1.29, 1.82) is 0 Å². The maximum Gasteiger partial charge on any atom is 0.255 e. The Labute approximate surface area is 209 Å². The van der Waals surface area contributed by atoms with Crippen LogP contribution in [-0.2, 0) is 34.0 Å². The average Bonchev–Trinajstić information content (AvgIpc) is 3.25. The fourth-order valence-corrected chi connectivity index (χ4v) is 3.95. The summed E-state index contributed by atoms with van der Waals surface area (Å²) in [6.45, 7) is -13.9. The highest BCUT2D eigenvalue weighted by Crippen LogP contribution is 2.34. The topological polar surface area (TPSA) is 88.2 Å². The standard InChI is InChI=1S/C25H26FN3O5/c26-20-12-16(13-28-8-10-33-11-9-28)4-5-17(20)15-34-22-3-1-2-18-19(22)14-29(25(18)32)21-6-7-23(30)27-24(21)31/h1-5,12,21H,6-11,13-15H2,(H,27,30,31)/i8D2,9D2,10D2,11D2,21D. The van der Waals surface area contributed by atoms with Gasteiger partial charge in [0.25, 0.3) is 5.91 Å². The van der Waals surface area contributed by atoms with Crippen LogP contribution >= 0.6 is 0 Å². The van der Waals surface area contributed by atoms with Gasteiger partial charge in [0, 0.05) is 48.1 Å². The van der Waals surface area contributed by atoms with Gasteiger partial charge in [-0.1, -0.05) is 18.2 Å². The summed E-state index contributed by atoms with van der Waals surface area (Å²) in [5.74, 6) is -2.64. The predicted molar refractivity (Wildman–Crippen MR) is 119 cm³/mol. The highest BCUT2D eigenvalue weighted by atomic mass is 19.1. The lowest BCUT2D eigenvalue weighted by atomic mass is 10.0. The van der Waals surface area contributed by atoms with E-state index < -0.39 is 62.2 Å². The van der Waals surface area contributed by atoms with Crippen molar-refractivity contribution in [2.24, 2.45) is 0 Å². The Bertz CT molecular complexity index is 1500. The van der Waals surface area contributed by atoms with Crippen molar-refractivity contribution in [3.8, 4) is 5.75 Å². The van der Waals surface area contributed by atoms with E-state index in [0.717, 1.165) is 11.0 Å². The van der Waals surface area contributed by atoms with E-state index in [9.17, 15) is 14.4 Å². The smallest absolute Gasteiger partial charge is 0.255 e. The zero-order valence-electron chi connectivity index (χ0n) is 26.8. The normalized spacial score (nSPS) is 32.9. The van der Waals surface area contributed by atoms with Crippen LogP contribution in [0, 0.1) is 5.82 Å². The number of piperidine rings is 1. The summed E-state index contributed by atoms with van der Waals surface area (Å²) in [4.78, 5) is 38.5. The third kappa shape index (κ3) is 4.53. The number of benzene rings is 2. The number of hydrogen-bond acceptors (Lipinski definition) is 6. The first kappa shape index (κ1) is 14.2. The van der Waals surface area contributed by atoms with Crippen LogP contribution in [0.1, 0.15) is 52.2 Å². The Morgan fingerprint density at radius 3 is 2.79 bits per heavy atom. The molecule has 3 aliphatic rings. The summed E-state index contributed by atoms with van der Waals surface area (Å²) < 4.78 is 97.7. The maximum atomic E-state index is 15.1. The van der Waals surface area contributed by atoms with Gasteiger partial charge in [-0.05, 0) is 30.2 Å². The Kier molecular flexibility index (Phi) is 3.97. The third-order valence-corrected chi connectivity index (χ3v) is 5.66. The number of amides is 3. The quantitative estimate of drug-likeness (QED) is 0.642. The molecule has 1 N–H and O–H groups in total. The highest BCUT2D eigenvalue weighted by molar-refractivity contribution is 6.05. The number of ether oxygens (including phenoxy) is 2. The highest BCUT2D eigenvalue weighted by Gasteiger charge is 2.40. The number of nitrogens with one attached hydrogen (secondary N) is 1. The third-order valence-electron chi connectivity index (χ3n) is 5.66. The molecule has 0 bridgehead atoms. The summed E-state index contributed by atoms with van der Waals surface area (Å²) in [5, 5.41) is 2.09. The number of hydrogen-bond donors (Lipinski definition) is 1. The van der Waals surface area contributed by atoms with Gasteiger partial charge >= 0.3 is 0 Å². The first-order valence-corrected chi connectivity index (χ1v) is 10.5. The number of nitrogens with zero attached hydrogens (tertiary/aromatic N) is 2. The minimum absolute atomic E-state index is 0.0225. The lowest BCUT2D eigenvalue weighted by Crippen LogP contribution is -2.52. The van der Waals surface area contributed by atoms with E-state index in [-0.39, 0.29) is 48.4 Å². The van der Waals surface area contributed by atoms with Crippen LogP contribution in [-0.4, -0.2) is 59.7 Å². The number of carbonyl (C=O) groups is 3. The van der Waals surface area contributed by atoms with Gasteiger partial charge in [-0.15, -0.1) is 0 Å². The second-order valence-electron chi connectivity index (χ2n) is 7.83. The van der Waals surface area contributed by atoms with E-state index in [0.29, 0.717) is 10.5 Å². The van der Waals surface area contributed by atoms with Gasteiger partial charge in [-0.2, -0.15) is 0 Å². The van der Waals surface area contributed by atoms with E-state index in [1.54, 1.807) is 0 Å². The monoisotopic (exact) mass is 476 g/mol. The molecule has 2 aromatic carbocycles. The van der Waals surface area contributed by atoms with Gasteiger partial charge < -0.3 is 14.4 Å². The van der Waals surface area contributed by atoms with Crippen molar-refractivity contribution in [1.82, 2.24) is 15.1 Å². The Hall–Kier alpha value is -3.30. The lowest BCUT2D eigenvalue weighted by Gasteiger charge is -2.29. The Morgan fingerprint density at radius 2 is 2.03 bits per heavy atom. The van der Waals surface area contributed by atoms with Crippen LogP contribution in [0.2, 0.25) is 0 Å². The lowest BCUT2D eigenvalue weighted by molar-refractivity contribution is -0.136. The predicted octanol–water partition coefficient (Wildman–Crippen LogP) is 2.00. The van der Waals surface area contributed by atoms with Crippen molar-refractivity contribution in [3.05, 3.63) is 64.5 Å². The van der Waals surface area contributed by atoms with Crippen molar-refractivity contribution in [2.75, 3.05) is 26.1 Å². The van der Waals surface area contributed by atoms with Crippen LogP contribution in [0.3, 0.4) is 0 Å². The molecule has 3 amide bonds. The molecular weight excluding hydrogens is 441 g/mol. The molecule has 34 heavy (non-hydrogen) atoms. The zero-order chi connectivity index (χ0) is 31.8. The maximum absolute atomic E-state index is 15.1. The molecule has 2 aromatic rings. The van der Waals surface area contributed by atoms with Crippen LogP contribution in [0.5, 0.6) is 5.75 Å². The summed E-state index contributed by atoms with van der Waals surface area (Å²) in [5.41, 5.74) is 0.622. The number of rotatable bonds is 6. The van der Waals surface area contributed by atoms with Crippen LogP contribution in [0.15, 0.2) is 36.4 Å². The Morgan fingerprint density at radius 1 is 1.21 bits per heavy atom. The summed E-state index contributed by atoms with van der Waals surface area (Å²) in [6.07, 6.45) is -0.275. The van der Waals surface area contributed by atoms with E-state index in [1.165, 1.54) is 30.3 Å². The molecule has 0 radical (unpaired) electrons. The fourth-order valence-electron chi connectivity index (χ4n) is 3.95. The van der Waals surface area contributed by atoms with Crippen molar-refractivity contribution in [3.63, 3.8) is 0 Å².